The molecule has 0 aliphatic carbocycles. The molecule has 3 unspecified atom stereocenters. The van der Waals surface area contributed by atoms with E-state index in [1.165, 1.54) is 77.2 Å². The minimum atomic E-state index is 0.343. The smallest absolute Gasteiger partial charge is 0.0192 e. The van der Waals surface area contributed by atoms with Gasteiger partial charge >= 0.3 is 0 Å². The first kappa shape index (κ1) is 24.8. The fourth-order valence-corrected chi connectivity index (χ4v) is 3.16. The number of hydrogen-bond donors (Lipinski definition) is 4. The monoisotopic (exact) mass is 356 g/mol. The molecule has 0 amide bonds. The van der Waals surface area contributed by atoms with Gasteiger partial charge in [-0.1, -0.05) is 65.7 Å². The van der Waals surface area contributed by atoms with E-state index in [1.807, 2.05) is 0 Å². The number of rotatable bonds is 13. The van der Waals surface area contributed by atoms with Gasteiger partial charge in [-0.15, -0.1) is 0 Å². The quantitative estimate of drug-likeness (QED) is 0.377. The van der Waals surface area contributed by atoms with Crippen LogP contribution in [0.15, 0.2) is 0 Å². The zero-order valence-corrected chi connectivity index (χ0v) is 17.5. The Kier molecular flexibility index (Phi) is 18.5. The Morgan fingerprint density at radius 1 is 0.920 bits per heavy atom. The third-order valence-electron chi connectivity index (χ3n) is 5.09. The minimum absolute atomic E-state index is 0.343. The first-order valence-electron chi connectivity index (χ1n) is 11.1. The zero-order valence-electron chi connectivity index (χ0n) is 17.5. The maximum Gasteiger partial charge on any atom is 0.0192 e. The molecule has 1 fully saturated rings. The molecule has 1 heterocycles. The Hall–Kier alpha value is -0.160. The summed E-state index contributed by atoms with van der Waals surface area (Å²) in [5, 5.41) is 7.04. The van der Waals surface area contributed by atoms with E-state index >= 15 is 0 Å². The number of unbranched alkanes of at least 4 members (excludes halogenated alkanes) is 4. The SMILES string of the molecule is CCCCCC(N)CC.CCCCCC(N)CNCC1CCCCN1. The van der Waals surface area contributed by atoms with Gasteiger partial charge in [-0.25, -0.2) is 0 Å². The van der Waals surface area contributed by atoms with E-state index in [4.69, 9.17) is 11.5 Å². The van der Waals surface area contributed by atoms with Gasteiger partial charge in [0.25, 0.3) is 0 Å². The van der Waals surface area contributed by atoms with Crippen molar-refractivity contribution in [1.82, 2.24) is 10.6 Å². The lowest BCUT2D eigenvalue weighted by Crippen LogP contribution is -2.44. The normalized spacial score (nSPS) is 19.8. The van der Waals surface area contributed by atoms with Crippen LogP contribution in [0, 0.1) is 0 Å². The van der Waals surface area contributed by atoms with Gasteiger partial charge in [-0.2, -0.15) is 0 Å². The molecular formula is C21H48N4. The predicted octanol–water partition coefficient (Wildman–Crippen LogP) is 3.93. The van der Waals surface area contributed by atoms with E-state index in [-0.39, 0.29) is 0 Å². The van der Waals surface area contributed by atoms with Crippen molar-refractivity contribution in [2.45, 2.75) is 116 Å². The number of piperidine rings is 1. The van der Waals surface area contributed by atoms with Crippen molar-refractivity contribution in [2.75, 3.05) is 19.6 Å². The molecule has 1 aliphatic heterocycles. The highest BCUT2D eigenvalue weighted by Crippen LogP contribution is 2.06. The fraction of sp³-hybridized carbons (Fsp3) is 1.00. The summed E-state index contributed by atoms with van der Waals surface area (Å²) >= 11 is 0. The summed E-state index contributed by atoms with van der Waals surface area (Å²) in [5.41, 5.74) is 11.8. The van der Waals surface area contributed by atoms with Gasteiger partial charge in [0, 0.05) is 31.2 Å². The van der Waals surface area contributed by atoms with Crippen LogP contribution in [0.2, 0.25) is 0 Å². The average Bonchev–Trinajstić information content (AvgIpc) is 2.63. The van der Waals surface area contributed by atoms with E-state index in [1.54, 1.807) is 0 Å². The Labute approximate surface area is 158 Å². The van der Waals surface area contributed by atoms with Crippen molar-refractivity contribution in [3.8, 4) is 0 Å². The predicted molar refractivity (Wildman–Crippen MR) is 113 cm³/mol. The fourth-order valence-electron chi connectivity index (χ4n) is 3.16. The molecule has 1 aliphatic rings. The third-order valence-corrected chi connectivity index (χ3v) is 5.09. The molecule has 0 aromatic carbocycles. The molecule has 1 rings (SSSR count). The van der Waals surface area contributed by atoms with Gasteiger partial charge in [-0.05, 0) is 38.6 Å². The highest BCUT2D eigenvalue weighted by atomic mass is 15.0. The van der Waals surface area contributed by atoms with Gasteiger partial charge in [-0.3, -0.25) is 0 Å². The lowest BCUT2D eigenvalue weighted by molar-refractivity contribution is 0.377. The van der Waals surface area contributed by atoms with Gasteiger partial charge in [0.2, 0.25) is 0 Å². The molecule has 152 valence electrons. The highest BCUT2D eigenvalue weighted by molar-refractivity contribution is 4.75. The summed E-state index contributed by atoms with van der Waals surface area (Å²) in [5.74, 6) is 0. The molecule has 3 atom stereocenters. The Morgan fingerprint density at radius 2 is 1.56 bits per heavy atom. The van der Waals surface area contributed by atoms with Gasteiger partial charge < -0.3 is 22.1 Å². The maximum absolute atomic E-state index is 6.05. The first-order valence-corrected chi connectivity index (χ1v) is 11.1. The van der Waals surface area contributed by atoms with Crippen LogP contribution in [0.4, 0.5) is 0 Å². The van der Waals surface area contributed by atoms with Crippen LogP contribution >= 0.6 is 0 Å². The van der Waals surface area contributed by atoms with E-state index in [0.29, 0.717) is 18.1 Å². The van der Waals surface area contributed by atoms with E-state index < -0.39 is 0 Å². The molecule has 0 saturated carbocycles. The Morgan fingerprint density at radius 3 is 2.08 bits per heavy atom. The summed E-state index contributed by atoms with van der Waals surface area (Å²) in [4.78, 5) is 0. The Balaban J connectivity index is 0.000000547. The molecule has 0 bridgehead atoms. The van der Waals surface area contributed by atoms with Gasteiger partial charge in [0.05, 0.1) is 0 Å². The second-order valence-electron chi connectivity index (χ2n) is 7.73. The van der Waals surface area contributed by atoms with Crippen molar-refractivity contribution in [2.24, 2.45) is 11.5 Å². The molecular weight excluding hydrogens is 308 g/mol. The Bertz CT molecular complexity index is 254. The average molecular weight is 357 g/mol. The standard InChI is InChI=1S/C13H29N3.C8H19N/c1-2-3-4-7-12(14)10-15-11-13-8-5-6-9-16-13;1-3-5-6-7-8(9)4-2/h12-13,15-16H,2-11,14H2,1H3;8H,3-7,9H2,1-2H3. The van der Waals surface area contributed by atoms with Crippen LogP contribution < -0.4 is 22.1 Å². The second-order valence-corrected chi connectivity index (χ2v) is 7.73. The molecule has 4 nitrogen and oxygen atoms in total. The van der Waals surface area contributed by atoms with Gasteiger partial charge in [0.1, 0.15) is 0 Å². The first-order chi connectivity index (χ1) is 12.1. The lowest BCUT2D eigenvalue weighted by Gasteiger charge is -2.24. The zero-order chi connectivity index (χ0) is 18.8. The van der Waals surface area contributed by atoms with Crippen molar-refractivity contribution in [3.05, 3.63) is 0 Å². The lowest BCUT2D eigenvalue weighted by atomic mass is 10.0. The van der Waals surface area contributed by atoms with Crippen LogP contribution in [-0.4, -0.2) is 37.8 Å². The van der Waals surface area contributed by atoms with Crippen LogP contribution in [0.5, 0.6) is 0 Å². The summed E-state index contributed by atoms with van der Waals surface area (Å²) < 4.78 is 0. The molecule has 4 heteroatoms. The molecule has 0 spiro atoms. The van der Waals surface area contributed by atoms with Crippen LogP contribution in [0.25, 0.3) is 0 Å². The van der Waals surface area contributed by atoms with Crippen LogP contribution in [0.3, 0.4) is 0 Å². The van der Waals surface area contributed by atoms with Crippen molar-refractivity contribution < 1.29 is 0 Å². The number of nitrogens with two attached hydrogens (primary N) is 2. The van der Waals surface area contributed by atoms with Crippen LogP contribution in [-0.2, 0) is 0 Å². The van der Waals surface area contributed by atoms with E-state index in [2.05, 4.69) is 31.4 Å². The topological polar surface area (TPSA) is 76.1 Å². The molecule has 1 saturated heterocycles. The second kappa shape index (κ2) is 18.6. The summed E-state index contributed by atoms with van der Waals surface area (Å²) in [6.45, 7) is 9.85. The van der Waals surface area contributed by atoms with E-state index in [9.17, 15) is 0 Å². The van der Waals surface area contributed by atoms with Crippen molar-refractivity contribution in [1.29, 1.82) is 0 Å². The van der Waals surface area contributed by atoms with Crippen LogP contribution in [0.1, 0.15) is 97.8 Å². The minimum Gasteiger partial charge on any atom is -0.328 e. The highest BCUT2D eigenvalue weighted by Gasteiger charge is 2.12. The third kappa shape index (κ3) is 17.0. The summed E-state index contributed by atoms with van der Waals surface area (Å²) in [6.07, 6.45) is 15.4. The summed E-state index contributed by atoms with van der Waals surface area (Å²) in [7, 11) is 0. The molecule has 0 radical (unpaired) electrons. The van der Waals surface area contributed by atoms with Crippen molar-refractivity contribution in [3.63, 3.8) is 0 Å². The summed E-state index contributed by atoms with van der Waals surface area (Å²) in [6, 6.07) is 1.48. The molecule has 0 aromatic heterocycles. The largest absolute Gasteiger partial charge is 0.328 e. The molecule has 0 aromatic rings. The maximum atomic E-state index is 6.05. The number of hydrogen-bond acceptors (Lipinski definition) is 4. The van der Waals surface area contributed by atoms with Crippen molar-refractivity contribution >= 4 is 0 Å². The molecule has 25 heavy (non-hydrogen) atoms. The van der Waals surface area contributed by atoms with E-state index in [0.717, 1.165) is 19.5 Å². The number of nitrogens with one attached hydrogen (secondary N) is 2. The van der Waals surface area contributed by atoms with Gasteiger partial charge in [0.15, 0.2) is 0 Å². The molecule has 6 N–H and O–H groups in total.